The van der Waals surface area contributed by atoms with Crippen LogP contribution in [0.2, 0.25) is 0 Å². The average Bonchev–Trinajstić information content (AvgIpc) is 2.39. The first kappa shape index (κ1) is 10.4. The zero-order valence-electron chi connectivity index (χ0n) is 8.18. The van der Waals surface area contributed by atoms with Crippen LogP contribution >= 0.6 is 11.3 Å². The van der Waals surface area contributed by atoms with E-state index in [1.165, 1.54) is 42.6 Å². The predicted octanol–water partition coefficient (Wildman–Crippen LogP) is 3.04. The maximum Gasteiger partial charge on any atom is 0.0910 e. The molecule has 0 radical (unpaired) electrons. The third-order valence-corrected chi connectivity index (χ3v) is 3.00. The Balaban J connectivity index is 2.32. The van der Waals surface area contributed by atoms with Crippen LogP contribution in [0, 0.1) is 0 Å². The van der Waals surface area contributed by atoms with Gasteiger partial charge in [0, 0.05) is 0 Å². The minimum absolute atomic E-state index is 0.836. The van der Waals surface area contributed by atoms with Crippen molar-refractivity contribution in [3.8, 4) is 0 Å². The van der Waals surface area contributed by atoms with Crippen molar-refractivity contribution in [3.63, 3.8) is 0 Å². The first-order valence-electron chi connectivity index (χ1n) is 4.87. The Labute approximate surface area is 83.9 Å². The summed E-state index contributed by atoms with van der Waals surface area (Å²) in [6.45, 7) is 2.22. The van der Waals surface area contributed by atoms with E-state index in [9.17, 15) is 0 Å². The normalized spacial score (nSPS) is 10.5. The summed E-state index contributed by atoms with van der Waals surface area (Å²) in [6.07, 6.45) is 6.21. The Bertz CT molecular complexity index is 255. The first-order chi connectivity index (χ1) is 6.24. The lowest BCUT2D eigenvalue weighted by molar-refractivity contribution is 0.668. The van der Waals surface area contributed by atoms with Gasteiger partial charge in [-0.05, 0) is 24.5 Å². The lowest BCUT2D eigenvalue weighted by Gasteiger charge is -1.98. The summed E-state index contributed by atoms with van der Waals surface area (Å²) in [7, 11) is 0. The molecule has 2 nitrogen and oxygen atoms in total. The summed E-state index contributed by atoms with van der Waals surface area (Å²) in [5.41, 5.74) is 12.7. The summed E-state index contributed by atoms with van der Waals surface area (Å²) >= 11 is 1.49. The molecule has 3 heteroatoms. The zero-order valence-corrected chi connectivity index (χ0v) is 8.99. The second-order valence-corrected chi connectivity index (χ2v) is 4.46. The number of rotatable bonds is 5. The predicted molar refractivity (Wildman–Crippen MR) is 61.0 cm³/mol. The maximum atomic E-state index is 5.79. The maximum absolute atomic E-state index is 5.79. The molecule has 0 aliphatic heterocycles. The molecule has 1 aromatic heterocycles. The molecule has 1 aromatic rings. The van der Waals surface area contributed by atoms with E-state index < -0.39 is 0 Å². The van der Waals surface area contributed by atoms with Crippen molar-refractivity contribution in [2.24, 2.45) is 0 Å². The van der Waals surface area contributed by atoms with Gasteiger partial charge < -0.3 is 11.5 Å². The molecule has 1 rings (SSSR count). The van der Waals surface area contributed by atoms with Crippen LogP contribution in [0.15, 0.2) is 6.07 Å². The molecule has 0 saturated heterocycles. The number of hydrogen-bond donors (Lipinski definition) is 2. The third kappa shape index (κ3) is 3.27. The van der Waals surface area contributed by atoms with E-state index in [4.69, 9.17) is 11.5 Å². The molecular formula is C10H18N2S. The fraction of sp³-hybridized carbons (Fsp3) is 0.600. The molecule has 0 fully saturated rings. The summed E-state index contributed by atoms with van der Waals surface area (Å²) in [6, 6.07) is 2.01. The number of thiophene rings is 1. The molecule has 0 unspecified atom stereocenters. The number of unbranched alkanes of at least 4 members (excludes halogenated alkanes) is 3. The Morgan fingerprint density at radius 2 is 2.00 bits per heavy atom. The molecule has 0 atom stereocenters. The number of nitrogens with two attached hydrogens (primary N) is 2. The topological polar surface area (TPSA) is 52.0 Å². The van der Waals surface area contributed by atoms with Gasteiger partial charge in [0.2, 0.25) is 0 Å². The number of hydrogen-bond acceptors (Lipinski definition) is 3. The molecule has 74 valence electrons. The fourth-order valence-corrected chi connectivity index (χ4v) is 2.15. The van der Waals surface area contributed by atoms with E-state index in [2.05, 4.69) is 6.92 Å². The van der Waals surface area contributed by atoms with Crippen LogP contribution in [-0.2, 0) is 6.42 Å². The van der Waals surface area contributed by atoms with Gasteiger partial charge in [-0.3, -0.25) is 0 Å². The molecule has 1 heterocycles. The summed E-state index contributed by atoms with van der Waals surface area (Å²) < 4.78 is 0. The third-order valence-electron chi connectivity index (χ3n) is 2.16. The first-order valence-corrected chi connectivity index (χ1v) is 5.69. The van der Waals surface area contributed by atoms with Gasteiger partial charge in [-0.15, -0.1) is 11.3 Å². The molecule has 13 heavy (non-hydrogen) atoms. The lowest BCUT2D eigenvalue weighted by atomic mass is 10.1. The number of anilines is 2. The van der Waals surface area contributed by atoms with Crippen LogP contribution in [-0.4, -0.2) is 0 Å². The van der Waals surface area contributed by atoms with Crippen molar-refractivity contribution in [2.75, 3.05) is 11.5 Å². The van der Waals surface area contributed by atoms with Gasteiger partial charge in [0.1, 0.15) is 0 Å². The highest BCUT2D eigenvalue weighted by atomic mass is 32.1. The number of nitrogen functional groups attached to an aromatic ring is 2. The fourth-order valence-electron chi connectivity index (χ4n) is 1.40. The molecule has 0 aromatic carbocycles. The SMILES string of the molecule is CCCCCCc1cc(N)sc1N. The standard InChI is InChI=1S/C10H18N2S/c1-2-3-4-5-6-8-7-9(11)13-10(8)12/h7H,2-6,11-12H2,1H3. The molecular weight excluding hydrogens is 180 g/mol. The van der Waals surface area contributed by atoms with E-state index in [1.807, 2.05) is 6.07 Å². The van der Waals surface area contributed by atoms with Crippen LogP contribution in [0.4, 0.5) is 10.0 Å². The minimum Gasteiger partial charge on any atom is -0.391 e. The molecule has 0 saturated carbocycles. The van der Waals surface area contributed by atoms with Gasteiger partial charge >= 0.3 is 0 Å². The van der Waals surface area contributed by atoms with Crippen molar-refractivity contribution in [2.45, 2.75) is 39.0 Å². The van der Waals surface area contributed by atoms with Crippen LogP contribution in [0.1, 0.15) is 38.2 Å². The molecule has 0 spiro atoms. The largest absolute Gasteiger partial charge is 0.391 e. The monoisotopic (exact) mass is 198 g/mol. The van der Waals surface area contributed by atoms with E-state index >= 15 is 0 Å². The Morgan fingerprint density at radius 1 is 1.23 bits per heavy atom. The lowest BCUT2D eigenvalue weighted by Crippen LogP contribution is -1.89. The molecule has 0 bridgehead atoms. The van der Waals surface area contributed by atoms with Gasteiger partial charge in [-0.2, -0.15) is 0 Å². The molecule has 0 aliphatic rings. The number of aryl methyl sites for hydroxylation is 1. The van der Waals surface area contributed by atoms with E-state index in [0.29, 0.717) is 0 Å². The van der Waals surface area contributed by atoms with Crippen molar-refractivity contribution in [1.82, 2.24) is 0 Å². The van der Waals surface area contributed by atoms with Crippen molar-refractivity contribution < 1.29 is 0 Å². The van der Waals surface area contributed by atoms with Crippen LogP contribution in [0.5, 0.6) is 0 Å². The quantitative estimate of drug-likeness (QED) is 0.714. The second kappa shape index (κ2) is 5.12. The molecule has 0 amide bonds. The van der Waals surface area contributed by atoms with Crippen molar-refractivity contribution >= 4 is 21.3 Å². The van der Waals surface area contributed by atoms with Gasteiger partial charge in [0.05, 0.1) is 10.0 Å². The summed E-state index contributed by atoms with van der Waals surface area (Å²) in [5.74, 6) is 0. The minimum atomic E-state index is 0.836. The van der Waals surface area contributed by atoms with Gasteiger partial charge in [-0.1, -0.05) is 26.2 Å². The van der Waals surface area contributed by atoms with Gasteiger partial charge in [0.15, 0.2) is 0 Å². The smallest absolute Gasteiger partial charge is 0.0910 e. The zero-order chi connectivity index (χ0) is 9.68. The van der Waals surface area contributed by atoms with Gasteiger partial charge in [-0.25, -0.2) is 0 Å². The van der Waals surface area contributed by atoms with Crippen LogP contribution < -0.4 is 11.5 Å². The average molecular weight is 198 g/mol. The highest BCUT2D eigenvalue weighted by Crippen LogP contribution is 2.28. The molecule has 4 N–H and O–H groups in total. The Kier molecular flexibility index (Phi) is 4.09. The van der Waals surface area contributed by atoms with E-state index in [-0.39, 0.29) is 0 Å². The highest BCUT2D eigenvalue weighted by Gasteiger charge is 2.02. The van der Waals surface area contributed by atoms with Gasteiger partial charge in [0.25, 0.3) is 0 Å². The molecule has 0 aliphatic carbocycles. The van der Waals surface area contributed by atoms with E-state index in [1.54, 1.807) is 0 Å². The van der Waals surface area contributed by atoms with Crippen LogP contribution in [0.3, 0.4) is 0 Å². The summed E-state index contributed by atoms with van der Waals surface area (Å²) in [5, 5.41) is 1.73. The Morgan fingerprint density at radius 3 is 2.54 bits per heavy atom. The second-order valence-electron chi connectivity index (χ2n) is 3.35. The highest BCUT2D eigenvalue weighted by molar-refractivity contribution is 7.19. The van der Waals surface area contributed by atoms with E-state index in [0.717, 1.165) is 16.4 Å². The van der Waals surface area contributed by atoms with Crippen LogP contribution in [0.25, 0.3) is 0 Å². The van der Waals surface area contributed by atoms with Crippen molar-refractivity contribution in [1.29, 1.82) is 0 Å². The Hall–Kier alpha value is -0.700. The summed E-state index contributed by atoms with van der Waals surface area (Å²) in [4.78, 5) is 0. The van der Waals surface area contributed by atoms with Crippen molar-refractivity contribution in [3.05, 3.63) is 11.6 Å².